The molecule has 1 aromatic heterocycles. The summed E-state index contributed by atoms with van der Waals surface area (Å²) in [4.78, 5) is 24.0. The van der Waals surface area contributed by atoms with Crippen LogP contribution in [0.15, 0.2) is 9.59 Å². The molecule has 0 fully saturated rings. The Morgan fingerprint density at radius 1 is 1.47 bits per heavy atom. The standard InChI is InChI=1S/C13H20N4O2/c1-5-7-8-17-11(14)10(15-9(3)6-2)12(18)16(4)13(17)19/h2,9,15H,5,7-8,14H2,1,3-4H3. The lowest BCUT2D eigenvalue weighted by atomic mass is 10.3. The molecule has 0 aromatic carbocycles. The fraction of sp³-hybridized carbons (Fsp3) is 0.538. The van der Waals surface area contributed by atoms with Crippen molar-refractivity contribution in [2.45, 2.75) is 39.3 Å². The number of terminal acetylenes is 1. The van der Waals surface area contributed by atoms with E-state index in [0.717, 1.165) is 17.4 Å². The van der Waals surface area contributed by atoms with Crippen molar-refractivity contribution in [2.75, 3.05) is 11.1 Å². The molecule has 1 aromatic rings. The van der Waals surface area contributed by atoms with Gasteiger partial charge in [-0.2, -0.15) is 0 Å². The van der Waals surface area contributed by atoms with Crippen LogP contribution in [0.5, 0.6) is 0 Å². The minimum Gasteiger partial charge on any atom is -0.383 e. The van der Waals surface area contributed by atoms with E-state index in [0.29, 0.717) is 6.54 Å². The van der Waals surface area contributed by atoms with Gasteiger partial charge in [0, 0.05) is 13.6 Å². The lowest BCUT2D eigenvalue weighted by molar-refractivity contribution is 0.575. The maximum Gasteiger partial charge on any atom is 0.332 e. The van der Waals surface area contributed by atoms with Crippen molar-refractivity contribution in [1.82, 2.24) is 9.13 Å². The Kier molecular flexibility index (Phi) is 4.81. The summed E-state index contributed by atoms with van der Waals surface area (Å²) in [6.07, 6.45) is 7.02. The molecule has 1 atom stereocenters. The van der Waals surface area contributed by atoms with Crippen LogP contribution in [0.25, 0.3) is 0 Å². The molecule has 1 unspecified atom stereocenters. The molecule has 0 aliphatic heterocycles. The molecule has 6 nitrogen and oxygen atoms in total. The third kappa shape index (κ3) is 2.99. The average molecular weight is 264 g/mol. The average Bonchev–Trinajstić information content (AvgIpc) is 2.41. The Hall–Kier alpha value is -2.16. The third-order valence-electron chi connectivity index (χ3n) is 2.93. The third-order valence-corrected chi connectivity index (χ3v) is 2.93. The molecule has 0 aliphatic carbocycles. The molecule has 0 saturated carbocycles. The Bertz CT molecular complexity index is 607. The van der Waals surface area contributed by atoms with Crippen molar-refractivity contribution in [1.29, 1.82) is 0 Å². The second-order valence-electron chi connectivity index (χ2n) is 4.44. The quantitative estimate of drug-likeness (QED) is 0.752. The Labute approximate surface area is 112 Å². The van der Waals surface area contributed by atoms with E-state index < -0.39 is 11.2 Å². The zero-order chi connectivity index (χ0) is 14.6. The van der Waals surface area contributed by atoms with Gasteiger partial charge in [0.25, 0.3) is 5.56 Å². The van der Waals surface area contributed by atoms with E-state index in [2.05, 4.69) is 11.2 Å². The number of nitrogens with zero attached hydrogens (tertiary/aromatic N) is 2. The van der Waals surface area contributed by atoms with E-state index in [9.17, 15) is 9.59 Å². The van der Waals surface area contributed by atoms with E-state index >= 15 is 0 Å². The van der Waals surface area contributed by atoms with Crippen molar-refractivity contribution in [3.8, 4) is 12.3 Å². The van der Waals surface area contributed by atoms with Gasteiger partial charge in [0.15, 0.2) is 0 Å². The van der Waals surface area contributed by atoms with Gasteiger partial charge >= 0.3 is 5.69 Å². The van der Waals surface area contributed by atoms with Crippen molar-refractivity contribution < 1.29 is 0 Å². The van der Waals surface area contributed by atoms with Gasteiger partial charge < -0.3 is 11.1 Å². The molecule has 0 bridgehead atoms. The van der Waals surface area contributed by atoms with Gasteiger partial charge in [-0.05, 0) is 13.3 Å². The monoisotopic (exact) mass is 264 g/mol. The van der Waals surface area contributed by atoms with Crippen molar-refractivity contribution in [3.05, 3.63) is 20.8 Å². The zero-order valence-corrected chi connectivity index (χ0v) is 11.6. The molecule has 0 aliphatic rings. The molecule has 1 rings (SSSR count). The molecule has 104 valence electrons. The topological polar surface area (TPSA) is 82.0 Å². The number of hydrogen-bond acceptors (Lipinski definition) is 4. The fourth-order valence-corrected chi connectivity index (χ4v) is 1.71. The van der Waals surface area contributed by atoms with Gasteiger partial charge in [-0.3, -0.25) is 13.9 Å². The highest BCUT2D eigenvalue weighted by Crippen LogP contribution is 2.12. The van der Waals surface area contributed by atoms with Gasteiger partial charge in [0.2, 0.25) is 0 Å². The Morgan fingerprint density at radius 2 is 2.11 bits per heavy atom. The molecular formula is C13H20N4O2. The summed E-state index contributed by atoms with van der Waals surface area (Å²) in [5.41, 5.74) is 5.23. The molecule has 19 heavy (non-hydrogen) atoms. The molecular weight excluding hydrogens is 244 g/mol. The first kappa shape index (κ1) is 14.9. The largest absolute Gasteiger partial charge is 0.383 e. The number of nitrogens with two attached hydrogens (primary N) is 1. The first-order valence-electron chi connectivity index (χ1n) is 6.26. The normalized spacial score (nSPS) is 11.9. The van der Waals surface area contributed by atoms with Crippen molar-refractivity contribution in [2.24, 2.45) is 7.05 Å². The van der Waals surface area contributed by atoms with Gasteiger partial charge in [-0.15, -0.1) is 6.42 Å². The Morgan fingerprint density at radius 3 is 2.63 bits per heavy atom. The number of unbranched alkanes of at least 4 members (excludes halogenated alkanes) is 1. The summed E-state index contributed by atoms with van der Waals surface area (Å²) in [5.74, 6) is 2.60. The predicted octanol–water partition coefficient (Wildman–Crippen LogP) is 0.363. The summed E-state index contributed by atoms with van der Waals surface area (Å²) >= 11 is 0. The molecule has 3 N–H and O–H groups in total. The second-order valence-corrected chi connectivity index (χ2v) is 4.44. The maximum atomic E-state index is 12.0. The lowest BCUT2D eigenvalue weighted by Crippen LogP contribution is -2.41. The Balaban J connectivity index is 3.40. The number of aromatic nitrogens is 2. The summed E-state index contributed by atoms with van der Waals surface area (Å²) in [6, 6.07) is -0.341. The minimum absolute atomic E-state index is 0.142. The van der Waals surface area contributed by atoms with Crippen LogP contribution in [0, 0.1) is 12.3 Å². The first-order valence-corrected chi connectivity index (χ1v) is 6.26. The summed E-state index contributed by atoms with van der Waals surface area (Å²) < 4.78 is 2.44. The highest BCUT2D eigenvalue weighted by molar-refractivity contribution is 5.61. The molecule has 1 heterocycles. The number of hydrogen-bond donors (Lipinski definition) is 2. The summed E-state index contributed by atoms with van der Waals surface area (Å²) in [5, 5.41) is 2.86. The molecule has 0 radical (unpaired) electrons. The van der Waals surface area contributed by atoms with E-state index in [1.165, 1.54) is 11.6 Å². The summed E-state index contributed by atoms with van der Waals surface area (Å²) in [6.45, 7) is 4.23. The van der Waals surface area contributed by atoms with Crippen LogP contribution in [-0.2, 0) is 13.6 Å². The number of nitrogen functional groups attached to an aromatic ring is 1. The van der Waals surface area contributed by atoms with Gasteiger partial charge in [0.05, 0.1) is 6.04 Å². The number of nitrogens with one attached hydrogen (secondary N) is 1. The minimum atomic E-state index is -0.461. The van der Waals surface area contributed by atoms with Crippen LogP contribution in [0.2, 0.25) is 0 Å². The van der Waals surface area contributed by atoms with Crippen LogP contribution in [0.1, 0.15) is 26.7 Å². The molecule has 6 heteroatoms. The summed E-state index contributed by atoms with van der Waals surface area (Å²) in [7, 11) is 1.43. The van der Waals surface area contributed by atoms with E-state index in [-0.39, 0.29) is 17.5 Å². The van der Waals surface area contributed by atoms with Crippen LogP contribution in [0.3, 0.4) is 0 Å². The van der Waals surface area contributed by atoms with Crippen molar-refractivity contribution in [3.63, 3.8) is 0 Å². The van der Waals surface area contributed by atoms with Crippen LogP contribution in [0.4, 0.5) is 11.5 Å². The van der Waals surface area contributed by atoms with E-state index in [1.807, 2.05) is 6.92 Å². The van der Waals surface area contributed by atoms with Gasteiger partial charge in [0.1, 0.15) is 11.5 Å². The van der Waals surface area contributed by atoms with E-state index in [1.54, 1.807) is 6.92 Å². The SMILES string of the molecule is C#CC(C)Nc1c(N)n(CCCC)c(=O)n(C)c1=O. The predicted molar refractivity (Wildman–Crippen MR) is 77.2 cm³/mol. The zero-order valence-electron chi connectivity index (χ0n) is 11.6. The highest BCUT2D eigenvalue weighted by Gasteiger charge is 2.15. The first-order chi connectivity index (χ1) is 8.93. The number of anilines is 2. The van der Waals surface area contributed by atoms with Crippen LogP contribution in [-0.4, -0.2) is 15.2 Å². The van der Waals surface area contributed by atoms with Gasteiger partial charge in [-0.25, -0.2) is 4.79 Å². The second kappa shape index (κ2) is 6.14. The van der Waals surface area contributed by atoms with E-state index in [4.69, 9.17) is 12.2 Å². The van der Waals surface area contributed by atoms with Crippen molar-refractivity contribution >= 4 is 11.5 Å². The molecule has 0 saturated heterocycles. The highest BCUT2D eigenvalue weighted by atomic mass is 16.2. The number of rotatable bonds is 5. The molecule has 0 spiro atoms. The smallest absolute Gasteiger partial charge is 0.332 e. The fourth-order valence-electron chi connectivity index (χ4n) is 1.71. The van der Waals surface area contributed by atoms with Crippen LogP contribution >= 0.6 is 0 Å². The van der Waals surface area contributed by atoms with Crippen LogP contribution < -0.4 is 22.3 Å². The van der Waals surface area contributed by atoms with Gasteiger partial charge in [-0.1, -0.05) is 19.3 Å². The maximum absolute atomic E-state index is 12.0. The molecule has 0 amide bonds. The lowest BCUT2D eigenvalue weighted by Gasteiger charge is -2.17.